The zero-order valence-corrected chi connectivity index (χ0v) is 71.7. The number of thiocarbonyl (C=S) groups is 2. The first-order chi connectivity index (χ1) is 56.2. The Balaban J connectivity index is 1.37. The van der Waals surface area contributed by atoms with Gasteiger partial charge in [-0.25, -0.2) is 0 Å². The number of benzene rings is 2. The van der Waals surface area contributed by atoms with E-state index in [2.05, 4.69) is 74.1 Å². The zero-order chi connectivity index (χ0) is 86.9. The molecule has 2 aromatic heterocycles. The van der Waals surface area contributed by atoms with Crippen LogP contribution in [0.5, 0.6) is 0 Å². The molecule has 0 radical (unpaired) electrons. The number of aromatic nitrogens is 2. The number of aliphatic carboxylic acids is 1. The lowest BCUT2D eigenvalue weighted by molar-refractivity contribution is -0.149. The molecule has 2 saturated heterocycles. The third-order valence-corrected chi connectivity index (χ3v) is 22.1. The van der Waals surface area contributed by atoms with Crippen molar-refractivity contribution in [2.75, 3.05) is 71.4 Å². The van der Waals surface area contributed by atoms with Crippen molar-refractivity contribution in [1.82, 2.24) is 93.4 Å². The number of H-pyrrole nitrogens is 1. The SMILES string of the molecule is CCCC[C@@H](C(=O)N(C)[C@@H](CCCC)C(=O)N[C@@H](CC(C)C)C(=O)N[C@@H](CSCC(N)=O)C(=O)NCC(N)=O)N(C)C(=O)[C@H](Cc1cn(CC(=O)O)c2ccccc12)NC(=O)[C@H](CCNC(=S)NCC)NC(=O)[C@H](Cc1c[nH]c2ccccc12)NC(=O)[C@@H]1CCCN1C(=O)[C@H](CC(C)C)NC(=O)[C@H](CNC(=S)NCC)NC(=O)[C@@H]1CCCN1. The predicted octanol–water partition coefficient (Wildman–Crippen LogP) is 0.434. The molecule has 13 amide bonds. The number of hydrogen-bond acceptors (Lipinski definition) is 18. The molecule has 0 bridgehead atoms. The van der Waals surface area contributed by atoms with E-state index in [4.69, 9.17) is 35.9 Å². The Morgan fingerprint density at radius 3 is 1.78 bits per heavy atom. The minimum atomic E-state index is -1.60. The van der Waals surface area contributed by atoms with E-state index in [-0.39, 0.29) is 105 Å². The van der Waals surface area contributed by atoms with Gasteiger partial charge in [0, 0.05) is 99.6 Å². The van der Waals surface area contributed by atoms with Gasteiger partial charge in [0.05, 0.1) is 18.3 Å². The lowest BCUT2D eigenvalue weighted by atomic mass is 9.99. The standard InChI is InChI=1S/C80H122N20O15S3/c1-11-15-27-62(74(111)91-55(35-46(5)6)71(108)96-60(44-118-45-66(82)102)68(105)88-41-65(81)101)97(9)78(115)64(28-16-12-2)98(10)76(113)58(38-49-42-99(43-67(103)104)61-29-20-18-24-51(49)61)94-70(107)54(31-33-86-79(116)83-13-3)90-72(109)56(37-48-39-87-52-25-19-17-23-50(48)52)92-75(112)63-30-22-34-100(63)77(114)57(36-47(7)8)93-73(110)59(40-89-80(117)84-14-4)95-69(106)53-26-21-32-85-53/h17-20,23-25,29,39,42,46-47,53-60,62-64,85,87H,11-16,21-22,26-28,30-38,40-41,43-45H2,1-10H3,(H2,81,101)(H2,82,102)(H,88,105)(H,90,109)(H,91,111)(H,92,112)(H,93,110)(H,94,107)(H,95,106)(H,96,108)(H,103,104)(H2,83,86,116)(H2,84,89,117)/t53-,54-,55-,56-,57-,58-,59-,60-,62-,63-,64-/m0/s1. The number of thioether (sulfide) groups is 1. The maximum Gasteiger partial charge on any atom is 0.323 e. The van der Waals surface area contributed by atoms with Gasteiger partial charge in [-0.1, -0.05) is 104 Å². The summed E-state index contributed by atoms with van der Waals surface area (Å²) >= 11 is 11.9. The van der Waals surface area contributed by atoms with Gasteiger partial charge in [0.15, 0.2) is 10.2 Å². The van der Waals surface area contributed by atoms with Crippen LogP contribution in [0.3, 0.4) is 0 Å². The van der Waals surface area contributed by atoms with E-state index in [0.29, 0.717) is 91.1 Å². The number of amides is 13. The molecule has 6 rings (SSSR count). The summed E-state index contributed by atoms with van der Waals surface area (Å²) in [5.74, 6) is -11.4. The molecule has 2 aliphatic rings. The van der Waals surface area contributed by atoms with Crippen LogP contribution >= 0.6 is 36.2 Å². The summed E-state index contributed by atoms with van der Waals surface area (Å²) in [6.45, 7) is 15.2. The number of nitrogens with two attached hydrogens (primary N) is 2. The molecule has 2 aromatic carbocycles. The highest BCUT2D eigenvalue weighted by atomic mass is 32.2. The highest BCUT2D eigenvalue weighted by Gasteiger charge is 2.43. The van der Waals surface area contributed by atoms with Crippen molar-refractivity contribution in [2.45, 2.75) is 225 Å². The van der Waals surface area contributed by atoms with Crippen LogP contribution in [0.1, 0.15) is 150 Å². The summed E-state index contributed by atoms with van der Waals surface area (Å²) in [7, 11) is 2.80. The molecule has 118 heavy (non-hydrogen) atoms. The van der Waals surface area contributed by atoms with Gasteiger partial charge in [-0.2, -0.15) is 0 Å². The number of nitrogens with zero attached hydrogens (tertiary/aromatic N) is 4. The summed E-state index contributed by atoms with van der Waals surface area (Å²) in [6.07, 6.45) is 6.63. The maximum atomic E-state index is 16.0. The molecule has 2 aliphatic heterocycles. The molecule has 4 aromatic rings. The Morgan fingerprint density at radius 2 is 1.14 bits per heavy atom. The van der Waals surface area contributed by atoms with E-state index >= 15 is 28.8 Å². The van der Waals surface area contributed by atoms with E-state index in [0.717, 1.165) is 18.2 Å². The zero-order valence-electron chi connectivity index (χ0n) is 69.3. The van der Waals surface area contributed by atoms with Crippen molar-refractivity contribution in [3.63, 3.8) is 0 Å². The Bertz CT molecular complexity index is 4150. The molecule has 0 aliphatic carbocycles. The highest BCUT2D eigenvalue weighted by molar-refractivity contribution is 8.00. The van der Waals surface area contributed by atoms with Crippen LogP contribution in [-0.2, 0) is 86.5 Å². The molecule has 2 fully saturated rings. The number of carboxylic acids is 1. The summed E-state index contributed by atoms with van der Waals surface area (Å²) in [5.41, 5.74) is 12.9. The molecule has 4 heterocycles. The molecular formula is C80H122N20O15S3. The number of likely N-dealkylation sites (N-methyl/N-ethyl adjacent to an activating group) is 2. The summed E-state index contributed by atoms with van der Waals surface area (Å²) < 4.78 is 1.48. The van der Waals surface area contributed by atoms with Gasteiger partial charge in [-0.3, -0.25) is 67.1 Å². The van der Waals surface area contributed by atoms with Gasteiger partial charge in [0.25, 0.3) is 0 Å². The number of likely N-dealkylation sites (tertiary alicyclic amines) is 1. The number of carbonyl (C=O) groups is 14. The second-order valence-electron chi connectivity index (χ2n) is 30.7. The third kappa shape index (κ3) is 29.7. The number of unbranched alkanes of at least 4 members (excludes halogenated alkanes) is 2. The van der Waals surface area contributed by atoms with Crippen molar-refractivity contribution < 1.29 is 72.2 Å². The Morgan fingerprint density at radius 1 is 0.576 bits per heavy atom. The summed E-state index contributed by atoms with van der Waals surface area (Å²) in [6, 6.07) is 0.277. The molecule has 0 spiro atoms. The molecule has 35 nitrogen and oxygen atoms in total. The number of carbonyl (C=O) groups excluding carboxylic acids is 13. The van der Waals surface area contributed by atoms with Gasteiger partial charge in [0.1, 0.15) is 67.0 Å². The average Bonchev–Trinajstić information content (AvgIpc) is 1.62. The number of para-hydroxylation sites is 2. The van der Waals surface area contributed by atoms with Crippen molar-refractivity contribution in [2.24, 2.45) is 23.3 Å². The first-order valence-electron chi connectivity index (χ1n) is 40.7. The third-order valence-electron chi connectivity index (χ3n) is 20.4. The van der Waals surface area contributed by atoms with Crippen LogP contribution in [0.15, 0.2) is 60.9 Å². The summed E-state index contributed by atoms with van der Waals surface area (Å²) in [5, 5.41) is 49.3. The van der Waals surface area contributed by atoms with Gasteiger partial charge in [-0.05, 0) is 138 Å². The quantitative estimate of drug-likeness (QED) is 0.0267. The number of primary amides is 2. The molecule has 0 unspecified atom stereocenters. The van der Waals surface area contributed by atoms with Crippen LogP contribution in [0.4, 0.5) is 0 Å². The van der Waals surface area contributed by atoms with Crippen molar-refractivity contribution in [3.05, 3.63) is 72.1 Å². The summed E-state index contributed by atoms with van der Waals surface area (Å²) in [4.78, 5) is 207. The predicted molar refractivity (Wildman–Crippen MR) is 458 cm³/mol. The van der Waals surface area contributed by atoms with Crippen molar-refractivity contribution >= 4 is 151 Å². The Labute approximate surface area is 704 Å². The topological polar surface area (TPSA) is 498 Å². The smallest absolute Gasteiger partial charge is 0.323 e. The van der Waals surface area contributed by atoms with Crippen molar-refractivity contribution in [1.29, 1.82) is 0 Å². The minimum absolute atomic E-state index is 0.0423. The van der Waals surface area contributed by atoms with Crippen LogP contribution in [0.2, 0.25) is 0 Å². The minimum Gasteiger partial charge on any atom is -0.480 e. The highest BCUT2D eigenvalue weighted by Crippen LogP contribution is 2.27. The monoisotopic (exact) mass is 1700 g/mol. The first-order valence-corrected chi connectivity index (χ1v) is 42.7. The fourth-order valence-corrected chi connectivity index (χ4v) is 15.7. The molecule has 38 heteroatoms. The molecule has 19 N–H and O–H groups in total. The van der Waals surface area contributed by atoms with Gasteiger partial charge in [0.2, 0.25) is 76.8 Å². The van der Waals surface area contributed by atoms with E-state index in [1.54, 1.807) is 56.6 Å². The molecule has 11 atom stereocenters. The lowest BCUT2D eigenvalue weighted by Gasteiger charge is -2.36. The van der Waals surface area contributed by atoms with E-state index in [1.807, 2.05) is 59.7 Å². The fourth-order valence-electron chi connectivity index (χ4n) is 14.4. The maximum absolute atomic E-state index is 16.0. The van der Waals surface area contributed by atoms with Crippen LogP contribution in [0.25, 0.3) is 21.8 Å². The number of rotatable bonds is 49. The lowest BCUT2D eigenvalue weighted by Crippen LogP contribution is -2.61. The van der Waals surface area contributed by atoms with Gasteiger partial charge < -0.3 is 110 Å². The van der Waals surface area contributed by atoms with Gasteiger partial charge >= 0.3 is 5.97 Å². The Kier molecular flexibility index (Phi) is 39.8. The molecule has 650 valence electrons. The van der Waals surface area contributed by atoms with E-state index < -0.39 is 162 Å². The van der Waals surface area contributed by atoms with Crippen molar-refractivity contribution in [3.8, 4) is 0 Å². The second kappa shape index (κ2) is 48.6. The number of nitrogens with one attached hydrogen (secondary N) is 14. The largest absolute Gasteiger partial charge is 0.480 e. The average molecular weight is 1700 g/mol. The number of carboxylic acid groups (broad SMARTS) is 1. The normalized spacial score (nSPS) is 16.1. The van der Waals surface area contributed by atoms with Crippen LogP contribution in [0, 0.1) is 11.8 Å². The number of aromatic amines is 1. The second-order valence-corrected chi connectivity index (χ2v) is 32.5. The van der Waals surface area contributed by atoms with Crippen LogP contribution in [-0.4, -0.2) is 260 Å². The first kappa shape index (κ1) is 96.6. The molecular weight excluding hydrogens is 1580 g/mol. The number of fused-ring (bicyclic) bond motifs is 2. The Hall–Kier alpha value is -10.2. The van der Waals surface area contributed by atoms with Gasteiger partial charge in [-0.15, -0.1) is 11.8 Å². The fraction of sp³-hybridized carbons (Fsp3) is 0.600. The van der Waals surface area contributed by atoms with E-state index in [1.165, 1.54) is 33.4 Å². The molecule has 0 saturated carbocycles. The number of hydrogen-bond donors (Lipinski definition) is 17. The van der Waals surface area contributed by atoms with Crippen LogP contribution < -0.4 is 80.6 Å². The van der Waals surface area contributed by atoms with E-state index in [9.17, 15) is 43.5 Å².